The molecule has 112 valence electrons. The maximum Gasteiger partial charge on any atom is 0.244 e. The lowest BCUT2D eigenvalue weighted by Crippen LogP contribution is -2.31. The van der Waals surface area contributed by atoms with Crippen LogP contribution >= 0.6 is 0 Å². The van der Waals surface area contributed by atoms with E-state index in [2.05, 4.69) is 10.4 Å². The molecule has 0 spiro atoms. The zero-order chi connectivity index (χ0) is 15.4. The molecule has 5 nitrogen and oxygen atoms in total. The molecule has 1 aromatic heterocycles. The van der Waals surface area contributed by atoms with Crippen LogP contribution in [0.15, 0.2) is 30.3 Å². The molecule has 0 bridgehead atoms. The second kappa shape index (κ2) is 6.54. The van der Waals surface area contributed by atoms with E-state index in [1.165, 1.54) is 0 Å². The summed E-state index contributed by atoms with van der Waals surface area (Å²) in [5.41, 5.74) is 3.62. The van der Waals surface area contributed by atoms with E-state index in [9.17, 15) is 9.90 Å². The molecular weight excluding hydrogens is 266 g/mol. The lowest BCUT2D eigenvalue weighted by molar-refractivity contribution is -0.124. The fourth-order valence-electron chi connectivity index (χ4n) is 2.36. The van der Waals surface area contributed by atoms with E-state index in [4.69, 9.17) is 0 Å². The molecule has 1 heterocycles. The monoisotopic (exact) mass is 287 g/mol. The van der Waals surface area contributed by atoms with Crippen LogP contribution in [0.1, 0.15) is 35.5 Å². The van der Waals surface area contributed by atoms with Gasteiger partial charge in [0.15, 0.2) is 0 Å². The van der Waals surface area contributed by atoms with Crippen LogP contribution in [0.4, 0.5) is 0 Å². The highest BCUT2D eigenvalue weighted by atomic mass is 16.3. The van der Waals surface area contributed by atoms with Crippen molar-refractivity contribution in [2.45, 2.75) is 40.0 Å². The van der Waals surface area contributed by atoms with Gasteiger partial charge in [-0.1, -0.05) is 24.3 Å². The number of nitrogens with one attached hydrogen (secondary N) is 1. The average molecular weight is 287 g/mol. The van der Waals surface area contributed by atoms with Gasteiger partial charge in [0.2, 0.25) is 5.91 Å². The van der Waals surface area contributed by atoms with Gasteiger partial charge >= 0.3 is 0 Å². The van der Waals surface area contributed by atoms with Gasteiger partial charge in [-0.25, -0.2) is 0 Å². The molecular formula is C16H21N3O2. The van der Waals surface area contributed by atoms with Crippen LogP contribution in [0.2, 0.25) is 0 Å². The second-order valence-electron chi connectivity index (χ2n) is 5.19. The first-order valence-electron chi connectivity index (χ1n) is 7.01. The van der Waals surface area contributed by atoms with Crippen LogP contribution in [-0.4, -0.2) is 20.8 Å². The normalized spacial score (nSPS) is 12.2. The molecule has 1 unspecified atom stereocenters. The van der Waals surface area contributed by atoms with Gasteiger partial charge in [0.25, 0.3) is 0 Å². The van der Waals surface area contributed by atoms with Crippen LogP contribution in [0, 0.1) is 13.8 Å². The summed E-state index contributed by atoms with van der Waals surface area (Å²) >= 11 is 0. The Morgan fingerprint density at radius 1 is 1.33 bits per heavy atom. The number of benzene rings is 1. The third-order valence-corrected chi connectivity index (χ3v) is 3.53. The summed E-state index contributed by atoms with van der Waals surface area (Å²) < 4.78 is 1.72. The van der Waals surface area contributed by atoms with Crippen molar-refractivity contribution in [1.29, 1.82) is 0 Å². The Labute approximate surface area is 124 Å². The molecule has 1 amide bonds. The number of hydrogen-bond donors (Lipinski definition) is 2. The molecule has 0 saturated carbocycles. The first-order chi connectivity index (χ1) is 10.0. The minimum Gasteiger partial charge on any atom is -0.392 e. The molecule has 0 aliphatic heterocycles. The third kappa shape index (κ3) is 3.49. The Morgan fingerprint density at radius 2 is 2.00 bits per heavy atom. The molecule has 0 fully saturated rings. The first-order valence-corrected chi connectivity index (χ1v) is 7.01. The quantitative estimate of drug-likeness (QED) is 0.882. The molecule has 0 radical (unpaired) electrons. The number of aryl methyl sites for hydroxylation is 2. The Kier molecular flexibility index (Phi) is 4.75. The van der Waals surface area contributed by atoms with Crippen molar-refractivity contribution in [2.24, 2.45) is 0 Å². The number of carbonyl (C=O) groups excluding carboxylic acids is 1. The zero-order valence-corrected chi connectivity index (χ0v) is 12.6. The predicted octanol–water partition coefficient (Wildman–Crippen LogP) is 1.87. The minimum absolute atomic E-state index is 0.0287. The van der Waals surface area contributed by atoms with E-state index in [1.54, 1.807) is 4.68 Å². The zero-order valence-electron chi connectivity index (χ0n) is 12.6. The molecule has 2 rings (SSSR count). The fraction of sp³-hybridized carbons (Fsp3) is 0.375. The van der Waals surface area contributed by atoms with Crippen molar-refractivity contribution in [3.63, 3.8) is 0 Å². The Bertz CT molecular complexity index is 634. The number of amides is 1. The highest BCUT2D eigenvalue weighted by Gasteiger charge is 2.17. The molecule has 2 N–H and O–H groups in total. The number of rotatable bonds is 5. The standard InChI is InChI=1S/C16H21N3O2/c1-11-8-12(2)19(18-11)13(3)16(21)17-9-14-6-4-5-7-15(14)10-20/h4-8,13,20H,9-10H2,1-3H3,(H,17,21). The largest absolute Gasteiger partial charge is 0.392 e. The van der Waals surface area contributed by atoms with Gasteiger partial charge in [0.1, 0.15) is 6.04 Å². The summed E-state index contributed by atoms with van der Waals surface area (Å²) in [7, 11) is 0. The topological polar surface area (TPSA) is 67.2 Å². The fourth-order valence-corrected chi connectivity index (χ4v) is 2.36. The number of aromatic nitrogens is 2. The molecule has 0 aliphatic carbocycles. The van der Waals surface area contributed by atoms with Gasteiger partial charge in [-0.15, -0.1) is 0 Å². The smallest absolute Gasteiger partial charge is 0.244 e. The molecule has 1 atom stereocenters. The van der Waals surface area contributed by atoms with Crippen molar-refractivity contribution in [3.8, 4) is 0 Å². The van der Waals surface area contributed by atoms with Crippen molar-refractivity contribution >= 4 is 5.91 Å². The van der Waals surface area contributed by atoms with Gasteiger partial charge < -0.3 is 10.4 Å². The maximum absolute atomic E-state index is 12.2. The summed E-state index contributed by atoms with van der Waals surface area (Å²) in [5.74, 6) is -0.0889. The summed E-state index contributed by atoms with van der Waals surface area (Å²) in [5, 5.41) is 16.5. The minimum atomic E-state index is -0.361. The lowest BCUT2D eigenvalue weighted by Gasteiger charge is -2.15. The molecule has 0 aliphatic rings. The Hall–Kier alpha value is -2.14. The van der Waals surface area contributed by atoms with E-state index in [1.807, 2.05) is 51.1 Å². The third-order valence-electron chi connectivity index (χ3n) is 3.53. The van der Waals surface area contributed by atoms with Gasteiger partial charge in [0.05, 0.1) is 12.3 Å². The summed E-state index contributed by atoms with van der Waals surface area (Å²) in [6, 6.07) is 9.11. The highest BCUT2D eigenvalue weighted by Crippen LogP contribution is 2.12. The lowest BCUT2D eigenvalue weighted by atomic mass is 10.1. The molecule has 1 aromatic carbocycles. The van der Waals surface area contributed by atoms with Crippen molar-refractivity contribution < 1.29 is 9.90 Å². The summed E-state index contributed by atoms with van der Waals surface area (Å²) in [4.78, 5) is 12.2. The van der Waals surface area contributed by atoms with E-state index in [0.29, 0.717) is 6.54 Å². The molecule has 21 heavy (non-hydrogen) atoms. The van der Waals surface area contributed by atoms with Crippen LogP contribution < -0.4 is 5.32 Å². The Morgan fingerprint density at radius 3 is 2.57 bits per heavy atom. The number of aliphatic hydroxyl groups excluding tert-OH is 1. The second-order valence-corrected chi connectivity index (χ2v) is 5.19. The van der Waals surface area contributed by atoms with E-state index >= 15 is 0 Å². The van der Waals surface area contributed by atoms with Crippen LogP contribution in [0.25, 0.3) is 0 Å². The molecule has 5 heteroatoms. The van der Waals surface area contributed by atoms with Crippen LogP contribution in [0.5, 0.6) is 0 Å². The van der Waals surface area contributed by atoms with Gasteiger partial charge in [-0.05, 0) is 38.0 Å². The first kappa shape index (κ1) is 15.3. The van der Waals surface area contributed by atoms with Crippen molar-refractivity contribution in [1.82, 2.24) is 15.1 Å². The van der Waals surface area contributed by atoms with E-state index in [-0.39, 0.29) is 18.6 Å². The van der Waals surface area contributed by atoms with Crippen molar-refractivity contribution in [3.05, 3.63) is 52.8 Å². The summed E-state index contributed by atoms with van der Waals surface area (Å²) in [6.07, 6.45) is 0. The van der Waals surface area contributed by atoms with Crippen molar-refractivity contribution in [2.75, 3.05) is 0 Å². The SMILES string of the molecule is Cc1cc(C)n(C(C)C(=O)NCc2ccccc2CO)n1. The number of hydrogen-bond acceptors (Lipinski definition) is 3. The van der Waals surface area contributed by atoms with Gasteiger partial charge in [-0.3, -0.25) is 9.48 Å². The van der Waals surface area contributed by atoms with E-state index < -0.39 is 0 Å². The number of nitrogens with zero attached hydrogens (tertiary/aromatic N) is 2. The van der Waals surface area contributed by atoms with Gasteiger partial charge in [-0.2, -0.15) is 5.10 Å². The molecule has 0 saturated heterocycles. The predicted molar refractivity (Wildman–Crippen MR) is 80.6 cm³/mol. The van der Waals surface area contributed by atoms with Crippen LogP contribution in [0.3, 0.4) is 0 Å². The average Bonchev–Trinajstić information content (AvgIpc) is 2.82. The van der Waals surface area contributed by atoms with Gasteiger partial charge in [0, 0.05) is 12.2 Å². The van der Waals surface area contributed by atoms with Crippen LogP contribution in [-0.2, 0) is 17.9 Å². The Balaban J connectivity index is 2.03. The summed E-state index contributed by atoms with van der Waals surface area (Å²) in [6.45, 7) is 6.04. The van der Waals surface area contributed by atoms with E-state index in [0.717, 1.165) is 22.5 Å². The highest BCUT2D eigenvalue weighted by molar-refractivity contribution is 5.79. The number of carbonyl (C=O) groups is 1. The number of aliphatic hydroxyl groups is 1. The maximum atomic E-state index is 12.2. The molecule has 2 aromatic rings.